The van der Waals surface area contributed by atoms with E-state index in [2.05, 4.69) is 27.7 Å². The second kappa shape index (κ2) is 10.1. The van der Waals surface area contributed by atoms with Crippen molar-refractivity contribution in [3.8, 4) is 0 Å². The molecule has 0 bridgehead atoms. The summed E-state index contributed by atoms with van der Waals surface area (Å²) >= 11 is 1.81. The zero-order chi connectivity index (χ0) is 20.9. The van der Waals surface area contributed by atoms with Gasteiger partial charge >= 0.3 is 6.09 Å². The van der Waals surface area contributed by atoms with E-state index in [1.54, 1.807) is 6.92 Å². The van der Waals surface area contributed by atoms with Crippen molar-refractivity contribution in [1.82, 2.24) is 4.90 Å². The quantitative estimate of drug-likeness (QED) is 0.543. The van der Waals surface area contributed by atoms with Crippen LogP contribution in [-0.2, 0) is 9.47 Å². The number of ether oxygens (including phenoxy) is 2. The molecule has 0 aliphatic carbocycles. The van der Waals surface area contributed by atoms with Gasteiger partial charge in [0.1, 0.15) is 0 Å². The number of carbonyl (C=O) groups is 1. The molecule has 3 heterocycles. The van der Waals surface area contributed by atoms with Crippen LogP contribution >= 0.6 is 11.3 Å². The van der Waals surface area contributed by atoms with Gasteiger partial charge in [-0.2, -0.15) is 0 Å². The predicted molar refractivity (Wildman–Crippen MR) is 123 cm³/mol. The minimum atomic E-state index is -0.546. The molecule has 1 N–H and O–H groups in total. The number of fused-ring (bicyclic) bond motifs is 2. The number of rotatable bonds is 6. The normalized spacial score (nSPS) is 23.5. The summed E-state index contributed by atoms with van der Waals surface area (Å²) in [4.78, 5) is 14.9. The molecule has 4 rings (SSSR count). The highest BCUT2D eigenvalue weighted by molar-refractivity contribution is 7.17. The van der Waals surface area contributed by atoms with E-state index in [-0.39, 0.29) is 0 Å². The molecule has 1 aromatic heterocycles. The molecule has 2 aliphatic rings. The van der Waals surface area contributed by atoms with Crippen molar-refractivity contribution in [2.45, 2.75) is 77.0 Å². The van der Waals surface area contributed by atoms with Gasteiger partial charge in [-0.1, -0.05) is 13.3 Å². The second-order valence-corrected chi connectivity index (χ2v) is 9.53. The summed E-state index contributed by atoms with van der Waals surface area (Å²) in [6.07, 6.45) is 7.79. The van der Waals surface area contributed by atoms with E-state index in [1.807, 2.05) is 24.3 Å². The van der Waals surface area contributed by atoms with Gasteiger partial charge in [-0.3, -0.25) is 5.32 Å². The van der Waals surface area contributed by atoms with Gasteiger partial charge in [-0.15, -0.1) is 11.3 Å². The Balaban J connectivity index is 1.44. The van der Waals surface area contributed by atoms with Crippen molar-refractivity contribution in [3.63, 3.8) is 0 Å². The number of benzene rings is 1. The lowest BCUT2D eigenvalue weighted by Gasteiger charge is -2.33. The van der Waals surface area contributed by atoms with Gasteiger partial charge < -0.3 is 14.4 Å². The van der Waals surface area contributed by atoms with Crippen LogP contribution < -0.4 is 5.32 Å². The molecule has 1 amide bonds. The number of nitrogens with one attached hydrogen (secondary N) is 1. The fraction of sp³-hybridized carbons (Fsp3) is 0.625. The van der Waals surface area contributed by atoms with E-state index in [0.717, 1.165) is 18.2 Å². The lowest BCUT2D eigenvalue weighted by molar-refractivity contribution is -0.0870. The van der Waals surface area contributed by atoms with E-state index in [9.17, 15) is 4.79 Å². The number of hydrogen-bond acceptors (Lipinski definition) is 5. The van der Waals surface area contributed by atoms with Gasteiger partial charge in [0.05, 0.1) is 6.61 Å². The van der Waals surface area contributed by atoms with Crippen molar-refractivity contribution < 1.29 is 14.3 Å². The van der Waals surface area contributed by atoms with E-state index in [1.165, 1.54) is 67.3 Å². The molecule has 2 fully saturated rings. The van der Waals surface area contributed by atoms with Gasteiger partial charge in [0, 0.05) is 16.4 Å². The molecular weight excluding hydrogens is 396 g/mol. The minimum absolute atomic E-state index is 0.471. The monoisotopic (exact) mass is 430 g/mol. The first-order valence-corrected chi connectivity index (χ1v) is 12.4. The van der Waals surface area contributed by atoms with Crippen molar-refractivity contribution >= 4 is 33.2 Å². The van der Waals surface area contributed by atoms with Crippen LogP contribution in [-0.4, -0.2) is 43.0 Å². The van der Waals surface area contributed by atoms with Crippen LogP contribution in [0.5, 0.6) is 0 Å². The molecule has 2 aromatic rings. The Morgan fingerprint density at radius 3 is 3.00 bits per heavy atom. The first-order chi connectivity index (χ1) is 14.6. The Bertz CT molecular complexity index is 836. The lowest BCUT2D eigenvalue weighted by atomic mass is 9.90. The van der Waals surface area contributed by atoms with E-state index >= 15 is 0 Å². The van der Waals surface area contributed by atoms with E-state index < -0.39 is 12.4 Å². The van der Waals surface area contributed by atoms with Crippen molar-refractivity contribution in [2.75, 3.05) is 25.0 Å². The molecule has 6 heteroatoms. The summed E-state index contributed by atoms with van der Waals surface area (Å²) in [5, 5.41) is 6.48. The first kappa shape index (κ1) is 21.6. The van der Waals surface area contributed by atoms with Crippen LogP contribution in [0.25, 0.3) is 10.1 Å². The first-order valence-electron chi connectivity index (χ1n) is 11.5. The van der Waals surface area contributed by atoms with E-state index in [4.69, 9.17) is 9.47 Å². The van der Waals surface area contributed by atoms with Gasteiger partial charge in [0.25, 0.3) is 0 Å². The highest BCUT2D eigenvalue weighted by Crippen LogP contribution is 2.39. The third-order valence-electron chi connectivity index (χ3n) is 6.48. The van der Waals surface area contributed by atoms with Gasteiger partial charge in [-0.25, -0.2) is 4.79 Å². The highest BCUT2D eigenvalue weighted by Gasteiger charge is 2.28. The molecule has 164 valence electrons. The fourth-order valence-corrected chi connectivity index (χ4v) is 5.93. The second-order valence-electron chi connectivity index (χ2n) is 8.62. The van der Waals surface area contributed by atoms with Crippen LogP contribution in [0.2, 0.25) is 0 Å². The molecule has 3 unspecified atom stereocenters. The average Bonchev–Trinajstić information content (AvgIpc) is 3.04. The van der Waals surface area contributed by atoms with Crippen LogP contribution in [0.15, 0.2) is 23.6 Å². The summed E-state index contributed by atoms with van der Waals surface area (Å²) in [5.41, 5.74) is 2.23. The molecule has 2 aliphatic heterocycles. The number of carbonyl (C=O) groups excluding carboxylic acids is 1. The van der Waals surface area contributed by atoms with Crippen LogP contribution in [0.4, 0.5) is 10.5 Å². The molecule has 3 atom stereocenters. The lowest BCUT2D eigenvalue weighted by Crippen LogP contribution is -2.38. The van der Waals surface area contributed by atoms with Gasteiger partial charge in [-0.05, 0) is 99.0 Å². The summed E-state index contributed by atoms with van der Waals surface area (Å²) in [6.45, 7) is 6.85. The van der Waals surface area contributed by atoms with Gasteiger partial charge in [0.15, 0.2) is 0 Å². The van der Waals surface area contributed by atoms with Crippen molar-refractivity contribution in [1.29, 1.82) is 0 Å². The number of piperidine rings is 1. The number of anilines is 1. The summed E-state index contributed by atoms with van der Waals surface area (Å²) in [6, 6.07) is 6.96. The van der Waals surface area contributed by atoms with Gasteiger partial charge in [0.2, 0.25) is 6.29 Å². The molecule has 0 radical (unpaired) electrons. The smallest absolute Gasteiger partial charge is 0.413 e. The molecular formula is C24H34N2O3S. The zero-order valence-corrected chi connectivity index (χ0v) is 19.0. The Labute approximate surface area is 183 Å². The largest absolute Gasteiger partial charge is 0.420 e. The standard InChI is InChI=1S/C24H34N2O3S/c1-3-14-28-17(2)29-24(27)25-19-8-10-23-21(15-19)22(16-30-23)18-7-9-20-6-4-5-12-26(20)13-11-18/h8,10,15-18,20H,3-7,9,11-14H2,1-2H3,(H,25,27). The van der Waals surface area contributed by atoms with Crippen molar-refractivity contribution in [2.24, 2.45) is 0 Å². The third kappa shape index (κ3) is 5.16. The number of nitrogens with zero attached hydrogens (tertiary/aromatic N) is 1. The maximum atomic E-state index is 12.2. The molecule has 30 heavy (non-hydrogen) atoms. The molecule has 0 spiro atoms. The predicted octanol–water partition coefficient (Wildman–Crippen LogP) is 6.34. The van der Waals surface area contributed by atoms with E-state index in [0.29, 0.717) is 12.5 Å². The molecule has 0 saturated carbocycles. The molecule has 5 nitrogen and oxygen atoms in total. The summed E-state index contributed by atoms with van der Waals surface area (Å²) < 4.78 is 12.0. The Morgan fingerprint density at radius 2 is 2.13 bits per heavy atom. The number of amides is 1. The maximum absolute atomic E-state index is 12.2. The van der Waals surface area contributed by atoms with Crippen LogP contribution in [0, 0.1) is 0 Å². The van der Waals surface area contributed by atoms with Crippen LogP contribution in [0.3, 0.4) is 0 Å². The topological polar surface area (TPSA) is 50.8 Å². The number of thiophene rings is 1. The third-order valence-corrected chi connectivity index (χ3v) is 7.46. The fourth-order valence-electron chi connectivity index (χ4n) is 4.91. The zero-order valence-electron chi connectivity index (χ0n) is 18.2. The molecule has 1 aromatic carbocycles. The minimum Gasteiger partial charge on any atom is -0.420 e. The average molecular weight is 431 g/mol. The Kier molecular flexibility index (Phi) is 7.28. The van der Waals surface area contributed by atoms with Crippen LogP contribution in [0.1, 0.15) is 70.3 Å². The maximum Gasteiger partial charge on any atom is 0.413 e. The number of hydrogen-bond donors (Lipinski definition) is 1. The Morgan fingerprint density at radius 1 is 1.23 bits per heavy atom. The highest BCUT2D eigenvalue weighted by atomic mass is 32.1. The SMILES string of the molecule is CCCOC(C)OC(=O)Nc1ccc2scc(C3CCC4CCCCN4CC3)c2c1. The van der Waals surface area contributed by atoms with Crippen molar-refractivity contribution in [3.05, 3.63) is 29.1 Å². The Hall–Kier alpha value is -1.63. The summed E-state index contributed by atoms with van der Waals surface area (Å²) in [7, 11) is 0. The summed E-state index contributed by atoms with van der Waals surface area (Å²) in [5.74, 6) is 0.606. The molecule has 2 saturated heterocycles.